The van der Waals surface area contributed by atoms with Gasteiger partial charge >= 0.3 is 0 Å². The molecule has 0 radical (unpaired) electrons. The van der Waals surface area contributed by atoms with Crippen LogP contribution in [0.4, 0.5) is 0 Å². The van der Waals surface area contributed by atoms with Crippen LogP contribution in [0, 0.1) is 5.92 Å². The van der Waals surface area contributed by atoms with Crippen molar-refractivity contribution in [3.05, 3.63) is 23.8 Å². The van der Waals surface area contributed by atoms with Gasteiger partial charge in [0.25, 0.3) is 0 Å². The molecule has 0 unspecified atom stereocenters. The molecule has 1 aromatic carbocycles. The maximum atomic E-state index is 12.2. The van der Waals surface area contributed by atoms with Crippen molar-refractivity contribution in [1.29, 1.82) is 0 Å². The lowest BCUT2D eigenvalue weighted by Crippen LogP contribution is -2.42. The van der Waals surface area contributed by atoms with Gasteiger partial charge in [-0.1, -0.05) is 19.9 Å². The van der Waals surface area contributed by atoms with Gasteiger partial charge in [0, 0.05) is 6.42 Å². The number of hydrogen-bond acceptors (Lipinski definition) is 4. The van der Waals surface area contributed by atoms with E-state index < -0.39 is 6.04 Å². The monoisotopic (exact) mass is 348 g/mol. The summed E-state index contributed by atoms with van der Waals surface area (Å²) >= 11 is 0. The quantitative estimate of drug-likeness (QED) is 0.757. The van der Waals surface area contributed by atoms with Crippen molar-refractivity contribution >= 4 is 11.8 Å². The summed E-state index contributed by atoms with van der Waals surface area (Å²) in [5.41, 5.74) is 0.922. The predicted octanol–water partition coefficient (Wildman–Crippen LogP) is 2.58. The zero-order valence-electron chi connectivity index (χ0n) is 15.4. The van der Waals surface area contributed by atoms with Crippen LogP contribution in [0.3, 0.4) is 0 Å². The Bertz CT molecular complexity index is 615. The molecule has 1 aromatic rings. The molecular formula is C19H28N2O4. The van der Waals surface area contributed by atoms with Gasteiger partial charge in [0.15, 0.2) is 11.5 Å². The average molecular weight is 348 g/mol. The predicted molar refractivity (Wildman–Crippen MR) is 95.7 cm³/mol. The number of hydrogen-bond donors (Lipinski definition) is 2. The number of rotatable bonds is 8. The molecule has 25 heavy (non-hydrogen) atoms. The molecule has 6 nitrogen and oxygen atoms in total. The third kappa shape index (κ3) is 5.37. The van der Waals surface area contributed by atoms with E-state index in [0.717, 1.165) is 12.0 Å². The molecule has 0 aromatic heterocycles. The summed E-state index contributed by atoms with van der Waals surface area (Å²) in [6, 6.07) is 5.04. The first-order valence-electron chi connectivity index (χ1n) is 8.81. The molecule has 0 saturated carbocycles. The van der Waals surface area contributed by atoms with Crippen molar-refractivity contribution in [3.8, 4) is 11.5 Å². The third-order valence-corrected chi connectivity index (χ3v) is 4.31. The van der Waals surface area contributed by atoms with Crippen molar-refractivity contribution in [2.45, 2.75) is 52.1 Å². The molecule has 1 aliphatic heterocycles. The van der Waals surface area contributed by atoms with Crippen LogP contribution >= 0.6 is 0 Å². The van der Waals surface area contributed by atoms with E-state index in [4.69, 9.17) is 9.47 Å². The van der Waals surface area contributed by atoms with Crippen molar-refractivity contribution in [2.24, 2.45) is 5.92 Å². The molecule has 1 heterocycles. The average Bonchev–Trinajstić information content (AvgIpc) is 3.01. The highest BCUT2D eigenvalue weighted by atomic mass is 16.5. The van der Waals surface area contributed by atoms with Crippen LogP contribution in [0.1, 0.15) is 51.6 Å². The summed E-state index contributed by atoms with van der Waals surface area (Å²) < 4.78 is 11.2. The Hall–Kier alpha value is -2.24. The van der Waals surface area contributed by atoms with Gasteiger partial charge in [0.1, 0.15) is 6.04 Å². The number of ether oxygens (including phenoxy) is 2. The van der Waals surface area contributed by atoms with Gasteiger partial charge in [0.2, 0.25) is 11.8 Å². The van der Waals surface area contributed by atoms with Crippen LogP contribution in [-0.4, -0.2) is 31.6 Å². The second kappa shape index (κ2) is 8.74. The molecule has 2 atom stereocenters. The number of amides is 2. The smallest absolute Gasteiger partial charge is 0.243 e. The van der Waals surface area contributed by atoms with Gasteiger partial charge in [-0.25, -0.2) is 0 Å². The molecule has 6 heteroatoms. The van der Waals surface area contributed by atoms with Crippen LogP contribution in [0.5, 0.6) is 11.5 Å². The number of carbonyl (C=O) groups excluding carboxylic acids is 2. The first-order valence-corrected chi connectivity index (χ1v) is 8.81. The number of carbonyl (C=O) groups is 2. The van der Waals surface area contributed by atoms with Gasteiger partial charge in [-0.15, -0.1) is 0 Å². The van der Waals surface area contributed by atoms with E-state index in [2.05, 4.69) is 24.5 Å². The maximum absolute atomic E-state index is 12.2. The summed E-state index contributed by atoms with van der Waals surface area (Å²) in [5.74, 6) is 1.70. The van der Waals surface area contributed by atoms with E-state index in [9.17, 15) is 9.59 Å². The Morgan fingerprint density at radius 2 is 2.08 bits per heavy atom. The second-order valence-electron chi connectivity index (χ2n) is 6.83. The van der Waals surface area contributed by atoms with Gasteiger partial charge in [-0.05, 0) is 43.4 Å². The van der Waals surface area contributed by atoms with Gasteiger partial charge < -0.3 is 20.1 Å². The zero-order valence-corrected chi connectivity index (χ0v) is 15.4. The summed E-state index contributed by atoms with van der Waals surface area (Å²) in [7, 11) is 1.60. The van der Waals surface area contributed by atoms with Crippen LogP contribution in [-0.2, 0) is 9.59 Å². The molecule has 1 saturated heterocycles. The number of benzene rings is 1. The minimum atomic E-state index is -0.435. The maximum Gasteiger partial charge on any atom is 0.243 e. The van der Waals surface area contributed by atoms with E-state index in [1.54, 1.807) is 7.11 Å². The fourth-order valence-corrected chi connectivity index (χ4v) is 2.69. The molecular weight excluding hydrogens is 320 g/mol. The molecule has 138 valence electrons. The number of methoxy groups -OCH3 is 1. The van der Waals surface area contributed by atoms with Crippen molar-refractivity contribution < 1.29 is 19.1 Å². The summed E-state index contributed by atoms with van der Waals surface area (Å²) in [6.45, 7) is 6.85. The Morgan fingerprint density at radius 3 is 2.68 bits per heavy atom. The molecule has 2 amide bonds. The summed E-state index contributed by atoms with van der Waals surface area (Å²) in [5, 5.41) is 5.62. The Balaban J connectivity index is 1.98. The van der Waals surface area contributed by atoms with Gasteiger partial charge in [0.05, 0.1) is 19.8 Å². The summed E-state index contributed by atoms with van der Waals surface area (Å²) in [6.07, 6.45) is 1.93. The third-order valence-electron chi connectivity index (χ3n) is 4.31. The Kier molecular flexibility index (Phi) is 6.67. The van der Waals surface area contributed by atoms with Crippen molar-refractivity contribution in [2.75, 3.05) is 13.7 Å². The van der Waals surface area contributed by atoms with E-state index >= 15 is 0 Å². The molecule has 2 N–H and O–H groups in total. The van der Waals surface area contributed by atoms with Crippen LogP contribution in [0.15, 0.2) is 18.2 Å². The second-order valence-corrected chi connectivity index (χ2v) is 6.83. The molecule has 1 aliphatic rings. The van der Waals surface area contributed by atoms with Gasteiger partial charge in [-0.3, -0.25) is 9.59 Å². The van der Waals surface area contributed by atoms with Crippen LogP contribution in [0.25, 0.3) is 0 Å². The first kappa shape index (κ1) is 19.1. The Labute approximate surface area is 149 Å². The topological polar surface area (TPSA) is 76.7 Å². The number of nitrogens with one attached hydrogen (secondary N) is 2. The SMILES string of the molecule is COc1cc([C@H](C)NC(=O)[C@@H]2CCC(=O)N2)ccc1OCCC(C)C. The molecule has 0 spiro atoms. The zero-order chi connectivity index (χ0) is 18.4. The van der Waals surface area contributed by atoms with Gasteiger partial charge in [-0.2, -0.15) is 0 Å². The fraction of sp³-hybridized carbons (Fsp3) is 0.579. The fourth-order valence-electron chi connectivity index (χ4n) is 2.69. The highest BCUT2D eigenvalue weighted by molar-refractivity contribution is 5.90. The molecule has 1 fully saturated rings. The van der Waals surface area contributed by atoms with E-state index in [1.165, 1.54) is 0 Å². The lowest BCUT2D eigenvalue weighted by atomic mass is 10.1. The standard InChI is InChI=1S/C19H28N2O4/c1-12(2)9-10-25-16-7-5-14(11-17(16)24-4)13(3)20-19(23)15-6-8-18(22)21-15/h5,7,11-13,15H,6,8-10H2,1-4H3,(H,20,23)(H,21,22)/t13-,15-/m0/s1. The summed E-state index contributed by atoms with van der Waals surface area (Å²) in [4.78, 5) is 23.5. The lowest BCUT2D eigenvalue weighted by molar-refractivity contribution is -0.126. The highest BCUT2D eigenvalue weighted by Crippen LogP contribution is 2.30. The highest BCUT2D eigenvalue weighted by Gasteiger charge is 2.28. The lowest BCUT2D eigenvalue weighted by Gasteiger charge is -2.19. The first-order chi connectivity index (χ1) is 11.9. The van der Waals surface area contributed by atoms with E-state index in [0.29, 0.717) is 36.9 Å². The van der Waals surface area contributed by atoms with E-state index in [-0.39, 0.29) is 17.9 Å². The van der Waals surface area contributed by atoms with Crippen LogP contribution in [0.2, 0.25) is 0 Å². The normalized spacial score (nSPS) is 18.0. The minimum absolute atomic E-state index is 0.0719. The van der Waals surface area contributed by atoms with Crippen molar-refractivity contribution in [1.82, 2.24) is 10.6 Å². The van der Waals surface area contributed by atoms with Crippen LogP contribution < -0.4 is 20.1 Å². The minimum Gasteiger partial charge on any atom is -0.493 e. The Morgan fingerprint density at radius 1 is 1.32 bits per heavy atom. The van der Waals surface area contributed by atoms with E-state index in [1.807, 2.05) is 25.1 Å². The molecule has 0 bridgehead atoms. The largest absolute Gasteiger partial charge is 0.493 e. The molecule has 2 rings (SSSR count). The molecule has 0 aliphatic carbocycles. The van der Waals surface area contributed by atoms with Crippen molar-refractivity contribution in [3.63, 3.8) is 0 Å².